The van der Waals surface area contributed by atoms with E-state index in [9.17, 15) is 4.79 Å². The maximum Gasteiger partial charge on any atom is 0.328 e. The Bertz CT molecular complexity index is 526. The average Bonchev–Trinajstić information content (AvgIpc) is 2.36. The van der Waals surface area contributed by atoms with Crippen molar-refractivity contribution in [3.63, 3.8) is 0 Å². The van der Waals surface area contributed by atoms with Crippen LogP contribution in [0.1, 0.15) is 47.0 Å². The second kappa shape index (κ2) is 7.82. The molecular formula is C19H26O2. The van der Waals surface area contributed by atoms with E-state index in [4.69, 9.17) is 5.11 Å². The van der Waals surface area contributed by atoms with Gasteiger partial charge in [-0.05, 0) is 49.7 Å². The lowest BCUT2D eigenvalue weighted by Crippen LogP contribution is -2.16. The molecular weight excluding hydrogens is 260 g/mol. The predicted octanol–water partition coefficient (Wildman–Crippen LogP) is 5.21. The van der Waals surface area contributed by atoms with Gasteiger partial charge in [0.1, 0.15) is 0 Å². The molecule has 1 rings (SSSR count). The second-order valence-corrected chi connectivity index (χ2v) is 6.27. The summed E-state index contributed by atoms with van der Waals surface area (Å²) in [4.78, 5) is 10.5. The van der Waals surface area contributed by atoms with Crippen LogP contribution in [0.5, 0.6) is 0 Å². The van der Waals surface area contributed by atoms with Crippen LogP contribution in [0.15, 0.2) is 59.3 Å². The topological polar surface area (TPSA) is 37.3 Å². The minimum atomic E-state index is -0.913. The fourth-order valence-electron chi connectivity index (χ4n) is 2.39. The van der Waals surface area contributed by atoms with E-state index in [1.807, 2.05) is 19.1 Å². The molecule has 0 saturated carbocycles. The predicted molar refractivity (Wildman–Crippen MR) is 89.1 cm³/mol. The summed E-state index contributed by atoms with van der Waals surface area (Å²) < 4.78 is 0. The third kappa shape index (κ3) is 6.44. The molecule has 1 aliphatic carbocycles. The molecule has 0 atom stereocenters. The van der Waals surface area contributed by atoms with Crippen LogP contribution in [0.2, 0.25) is 0 Å². The molecule has 0 fully saturated rings. The standard InChI is InChI=1S/C19H26O2/c1-15(8-7-9-16(2)14-18(20)21)11-12-17-10-5-6-13-19(17,3)4/h7-12,14H,5-6,13H2,1-4H3,(H,20,21)/b9-7+,12-11+,15-8+,16-14+. The Morgan fingerprint density at radius 3 is 2.57 bits per heavy atom. The van der Waals surface area contributed by atoms with E-state index in [-0.39, 0.29) is 5.41 Å². The van der Waals surface area contributed by atoms with Gasteiger partial charge in [-0.25, -0.2) is 4.79 Å². The molecule has 1 N–H and O–H groups in total. The molecule has 21 heavy (non-hydrogen) atoms. The summed E-state index contributed by atoms with van der Waals surface area (Å²) in [5.41, 5.74) is 3.56. The zero-order valence-electron chi connectivity index (χ0n) is 13.5. The fraction of sp³-hybridized carbons (Fsp3) is 0.421. The number of hydrogen-bond acceptors (Lipinski definition) is 1. The van der Waals surface area contributed by atoms with Crippen LogP contribution in [-0.4, -0.2) is 11.1 Å². The normalized spacial score (nSPS) is 20.1. The van der Waals surface area contributed by atoms with Gasteiger partial charge in [0.15, 0.2) is 0 Å². The highest BCUT2D eigenvalue weighted by molar-refractivity contribution is 5.81. The largest absolute Gasteiger partial charge is 0.478 e. The van der Waals surface area contributed by atoms with Crippen molar-refractivity contribution in [3.05, 3.63) is 59.3 Å². The molecule has 2 nitrogen and oxygen atoms in total. The SMILES string of the molecule is CC(/C=C/C1=CCCCC1(C)C)=C\C=C\C(C)=C\C(=O)O. The molecule has 0 aromatic rings. The highest BCUT2D eigenvalue weighted by Crippen LogP contribution is 2.37. The highest BCUT2D eigenvalue weighted by atomic mass is 16.4. The molecule has 0 aromatic carbocycles. The van der Waals surface area contributed by atoms with Gasteiger partial charge < -0.3 is 5.11 Å². The van der Waals surface area contributed by atoms with Crippen molar-refractivity contribution < 1.29 is 9.90 Å². The number of hydrogen-bond donors (Lipinski definition) is 1. The molecule has 0 radical (unpaired) electrons. The van der Waals surface area contributed by atoms with Gasteiger partial charge in [0.05, 0.1) is 0 Å². The quantitative estimate of drug-likeness (QED) is 0.556. The Balaban J connectivity index is 2.68. The number of aliphatic carboxylic acids is 1. The van der Waals surface area contributed by atoms with Crippen LogP contribution in [-0.2, 0) is 4.79 Å². The maximum absolute atomic E-state index is 10.5. The average molecular weight is 286 g/mol. The molecule has 0 saturated heterocycles. The van der Waals surface area contributed by atoms with Crippen molar-refractivity contribution in [2.75, 3.05) is 0 Å². The lowest BCUT2D eigenvalue weighted by molar-refractivity contribution is -0.131. The third-order valence-electron chi connectivity index (χ3n) is 3.75. The summed E-state index contributed by atoms with van der Waals surface area (Å²) in [5.74, 6) is -0.913. The fourth-order valence-corrected chi connectivity index (χ4v) is 2.39. The smallest absolute Gasteiger partial charge is 0.328 e. The van der Waals surface area contributed by atoms with E-state index in [1.165, 1.54) is 30.9 Å². The molecule has 114 valence electrons. The first-order chi connectivity index (χ1) is 9.81. The van der Waals surface area contributed by atoms with Gasteiger partial charge in [0.2, 0.25) is 0 Å². The summed E-state index contributed by atoms with van der Waals surface area (Å²) in [5, 5.41) is 8.63. The molecule has 0 aliphatic heterocycles. The number of allylic oxidation sites excluding steroid dienone is 9. The van der Waals surface area contributed by atoms with E-state index in [0.717, 1.165) is 11.1 Å². The van der Waals surface area contributed by atoms with E-state index in [0.29, 0.717) is 0 Å². The van der Waals surface area contributed by atoms with E-state index in [1.54, 1.807) is 13.0 Å². The molecule has 2 heteroatoms. The number of carboxylic acid groups (broad SMARTS) is 1. The highest BCUT2D eigenvalue weighted by Gasteiger charge is 2.23. The number of carbonyl (C=O) groups is 1. The second-order valence-electron chi connectivity index (χ2n) is 6.27. The Hall–Kier alpha value is -1.83. The van der Waals surface area contributed by atoms with E-state index >= 15 is 0 Å². The van der Waals surface area contributed by atoms with Gasteiger partial charge in [-0.3, -0.25) is 0 Å². The van der Waals surface area contributed by atoms with Crippen molar-refractivity contribution in [1.29, 1.82) is 0 Å². The van der Waals surface area contributed by atoms with Crippen molar-refractivity contribution in [1.82, 2.24) is 0 Å². The maximum atomic E-state index is 10.5. The van der Waals surface area contributed by atoms with Gasteiger partial charge >= 0.3 is 5.97 Å². The van der Waals surface area contributed by atoms with Gasteiger partial charge in [0, 0.05) is 6.08 Å². The van der Waals surface area contributed by atoms with Gasteiger partial charge in [-0.2, -0.15) is 0 Å². The summed E-state index contributed by atoms with van der Waals surface area (Å²) in [6.45, 7) is 8.41. The zero-order valence-corrected chi connectivity index (χ0v) is 13.5. The number of carboxylic acids is 1. The molecule has 1 aliphatic rings. The summed E-state index contributed by atoms with van der Waals surface area (Å²) in [6, 6.07) is 0. The lowest BCUT2D eigenvalue weighted by atomic mass is 9.75. The van der Waals surface area contributed by atoms with E-state index in [2.05, 4.69) is 32.1 Å². The van der Waals surface area contributed by atoms with Crippen LogP contribution in [0, 0.1) is 5.41 Å². The van der Waals surface area contributed by atoms with Crippen LogP contribution in [0.3, 0.4) is 0 Å². The summed E-state index contributed by atoms with van der Waals surface area (Å²) >= 11 is 0. The molecule has 0 heterocycles. The van der Waals surface area contributed by atoms with Gasteiger partial charge in [0.25, 0.3) is 0 Å². The Kier molecular flexibility index (Phi) is 6.41. The van der Waals surface area contributed by atoms with Crippen LogP contribution in [0.4, 0.5) is 0 Å². The Morgan fingerprint density at radius 1 is 1.24 bits per heavy atom. The van der Waals surface area contributed by atoms with Crippen molar-refractivity contribution in [3.8, 4) is 0 Å². The van der Waals surface area contributed by atoms with Crippen molar-refractivity contribution in [2.45, 2.75) is 47.0 Å². The first-order valence-corrected chi connectivity index (χ1v) is 7.46. The van der Waals surface area contributed by atoms with Gasteiger partial charge in [-0.15, -0.1) is 0 Å². The molecule has 0 aromatic heterocycles. The van der Waals surface area contributed by atoms with Crippen molar-refractivity contribution in [2.24, 2.45) is 5.41 Å². The minimum absolute atomic E-state index is 0.270. The van der Waals surface area contributed by atoms with Crippen molar-refractivity contribution >= 4 is 5.97 Å². The molecule has 0 spiro atoms. The molecule has 0 amide bonds. The van der Waals surface area contributed by atoms with Crippen LogP contribution in [0.25, 0.3) is 0 Å². The Labute approximate surface area is 128 Å². The first-order valence-electron chi connectivity index (χ1n) is 7.46. The third-order valence-corrected chi connectivity index (χ3v) is 3.75. The summed E-state index contributed by atoms with van der Waals surface area (Å²) in [6.07, 6.45) is 17.2. The molecule has 0 unspecified atom stereocenters. The van der Waals surface area contributed by atoms with Crippen LogP contribution >= 0.6 is 0 Å². The summed E-state index contributed by atoms with van der Waals surface area (Å²) in [7, 11) is 0. The number of rotatable bonds is 5. The van der Waals surface area contributed by atoms with Gasteiger partial charge in [-0.1, -0.05) is 55.9 Å². The van der Waals surface area contributed by atoms with E-state index < -0.39 is 5.97 Å². The lowest BCUT2D eigenvalue weighted by Gasteiger charge is -2.30. The first kappa shape index (κ1) is 17.2. The molecule has 0 bridgehead atoms. The minimum Gasteiger partial charge on any atom is -0.478 e. The Morgan fingerprint density at radius 2 is 1.95 bits per heavy atom. The van der Waals surface area contributed by atoms with Crippen LogP contribution < -0.4 is 0 Å². The monoisotopic (exact) mass is 286 g/mol. The zero-order chi connectivity index (χ0) is 15.9.